The standard InChI is InChI=1S/C11H13N2.CH4O4S/c1-10-8-9-13(12(10)2)11-6-4-3-5-7-11;1-5-6(2,3)4/h3-9H,1-2H3;1H3,(H,2,3,4)/q+1;/p-1. The zero-order chi connectivity index (χ0) is 14.5. The van der Waals surface area contributed by atoms with Crippen LogP contribution in [-0.4, -0.2) is 24.8 Å². The van der Waals surface area contributed by atoms with Gasteiger partial charge in [0.25, 0.3) is 0 Å². The van der Waals surface area contributed by atoms with Gasteiger partial charge in [0, 0.05) is 18.2 Å². The summed E-state index contributed by atoms with van der Waals surface area (Å²) < 4.78 is 35.3. The summed E-state index contributed by atoms with van der Waals surface area (Å²) in [5.74, 6) is 0. The van der Waals surface area contributed by atoms with E-state index in [9.17, 15) is 13.0 Å². The molecule has 0 bridgehead atoms. The van der Waals surface area contributed by atoms with Gasteiger partial charge in [-0.05, 0) is 6.92 Å². The molecule has 2 aromatic rings. The van der Waals surface area contributed by atoms with Crippen molar-refractivity contribution in [3.63, 3.8) is 0 Å². The van der Waals surface area contributed by atoms with Crippen LogP contribution in [0, 0.1) is 6.92 Å². The van der Waals surface area contributed by atoms with E-state index in [0.717, 1.165) is 7.11 Å². The van der Waals surface area contributed by atoms with Gasteiger partial charge in [-0.2, -0.15) is 4.68 Å². The molecule has 0 aliphatic rings. The Labute approximate surface area is 112 Å². The van der Waals surface area contributed by atoms with Crippen molar-refractivity contribution in [1.82, 2.24) is 4.68 Å². The maximum atomic E-state index is 9.22. The van der Waals surface area contributed by atoms with Crippen molar-refractivity contribution in [2.45, 2.75) is 6.92 Å². The highest BCUT2D eigenvalue weighted by atomic mass is 32.3. The first-order chi connectivity index (χ1) is 8.85. The molecular formula is C12H16N2O4S. The largest absolute Gasteiger partial charge is 0.726 e. The molecule has 2 rings (SSSR count). The molecule has 0 fully saturated rings. The van der Waals surface area contributed by atoms with Crippen molar-refractivity contribution in [2.24, 2.45) is 7.05 Å². The fourth-order valence-electron chi connectivity index (χ4n) is 1.40. The van der Waals surface area contributed by atoms with Crippen molar-refractivity contribution < 1.29 is 21.8 Å². The molecule has 0 aliphatic heterocycles. The molecule has 1 aromatic heterocycles. The molecule has 0 N–H and O–H groups in total. The minimum absolute atomic E-state index is 0.808. The number of hydrogen-bond donors (Lipinski definition) is 0. The summed E-state index contributed by atoms with van der Waals surface area (Å²) in [6, 6.07) is 12.4. The number of nitrogens with zero attached hydrogens (tertiary/aromatic N) is 2. The molecule has 0 atom stereocenters. The molecule has 0 saturated carbocycles. The number of para-hydroxylation sites is 1. The molecular weight excluding hydrogens is 268 g/mol. The summed E-state index contributed by atoms with van der Waals surface area (Å²) in [7, 11) is -1.55. The van der Waals surface area contributed by atoms with E-state index in [4.69, 9.17) is 0 Å². The van der Waals surface area contributed by atoms with Crippen LogP contribution in [0.25, 0.3) is 5.69 Å². The fourth-order valence-corrected chi connectivity index (χ4v) is 1.40. The summed E-state index contributed by atoms with van der Waals surface area (Å²) in [5, 5.41) is 0. The Kier molecular flexibility index (Phi) is 5.22. The third kappa shape index (κ3) is 4.82. The minimum atomic E-state index is -4.41. The third-order valence-corrected chi connectivity index (χ3v) is 2.92. The van der Waals surface area contributed by atoms with Crippen molar-refractivity contribution in [3.8, 4) is 5.69 Å². The van der Waals surface area contributed by atoms with Crippen LogP contribution in [0.4, 0.5) is 0 Å². The average molecular weight is 284 g/mol. The molecule has 7 heteroatoms. The number of benzene rings is 1. The van der Waals surface area contributed by atoms with E-state index in [-0.39, 0.29) is 0 Å². The van der Waals surface area contributed by atoms with Crippen molar-refractivity contribution in [1.29, 1.82) is 0 Å². The molecule has 1 aromatic carbocycles. The van der Waals surface area contributed by atoms with E-state index in [1.807, 2.05) is 18.2 Å². The number of aryl methyl sites for hydroxylation is 1. The van der Waals surface area contributed by atoms with Gasteiger partial charge in [-0.3, -0.25) is 4.18 Å². The predicted octanol–water partition coefficient (Wildman–Crippen LogP) is 0.703. The van der Waals surface area contributed by atoms with E-state index < -0.39 is 10.4 Å². The first kappa shape index (κ1) is 15.4. The molecule has 0 unspecified atom stereocenters. The SMILES string of the molecule is COS(=O)(=O)[O-].Cc1cc[n+](-c2ccccc2)n1C. The molecule has 6 nitrogen and oxygen atoms in total. The molecule has 0 spiro atoms. The Bertz CT molecular complexity index is 620. The fraction of sp³-hybridized carbons (Fsp3) is 0.250. The zero-order valence-corrected chi connectivity index (χ0v) is 11.8. The normalized spacial score (nSPS) is 10.7. The Hall–Kier alpha value is -1.70. The number of hydrogen-bond acceptors (Lipinski definition) is 4. The lowest BCUT2D eigenvalue weighted by Crippen LogP contribution is -2.38. The van der Waals surface area contributed by atoms with Crippen LogP contribution in [0.2, 0.25) is 0 Å². The van der Waals surface area contributed by atoms with E-state index >= 15 is 0 Å². The maximum absolute atomic E-state index is 9.22. The highest BCUT2D eigenvalue weighted by Gasteiger charge is 2.10. The first-order valence-corrected chi connectivity index (χ1v) is 6.79. The predicted molar refractivity (Wildman–Crippen MR) is 68.4 cm³/mol. The van der Waals surface area contributed by atoms with Crippen molar-refractivity contribution in [2.75, 3.05) is 7.11 Å². The topological polar surface area (TPSA) is 75.2 Å². The lowest BCUT2D eigenvalue weighted by atomic mass is 10.3. The highest BCUT2D eigenvalue weighted by molar-refractivity contribution is 7.80. The summed E-state index contributed by atoms with van der Waals surface area (Å²) >= 11 is 0. The Balaban J connectivity index is 0.000000258. The van der Waals surface area contributed by atoms with E-state index in [2.05, 4.69) is 51.9 Å². The van der Waals surface area contributed by atoms with Gasteiger partial charge in [-0.25, -0.2) is 8.42 Å². The highest BCUT2D eigenvalue weighted by Crippen LogP contribution is 1.99. The second kappa shape index (κ2) is 6.46. The summed E-state index contributed by atoms with van der Waals surface area (Å²) in [4.78, 5) is 0. The molecule has 0 amide bonds. The molecule has 0 saturated heterocycles. The van der Waals surface area contributed by atoms with Crippen LogP contribution in [0.1, 0.15) is 5.69 Å². The van der Waals surface area contributed by atoms with Gasteiger partial charge in [0.05, 0.1) is 19.9 Å². The second-order valence-electron chi connectivity index (χ2n) is 3.74. The average Bonchev–Trinajstić information content (AvgIpc) is 2.71. The van der Waals surface area contributed by atoms with Gasteiger partial charge in [0.1, 0.15) is 0 Å². The van der Waals surface area contributed by atoms with Gasteiger partial charge in [0.2, 0.25) is 22.3 Å². The Morgan fingerprint density at radius 3 is 2.11 bits per heavy atom. The maximum Gasteiger partial charge on any atom is 0.235 e. The monoisotopic (exact) mass is 284 g/mol. The third-order valence-electron chi connectivity index (χ3n) is 2.52. The van der Waals surface area contributed by atoms with E-state index in [1.165, 1.54) is 11.4 Å². The first-order valence-electron chi connectivity index (χ1n) is 5.46. The minimum Gasteiger partial charge on any atom is -0.726 e. The molecule has 19 heavy (non-hydrogen) atoms. The summed E-state index contributed by atoms with van der Waals surface area (Å²) in [6.45, 7) is 2.10. The zero-order valence-electron chi connectivity index (χ0n) is 11.0. The van der Waals surface area contributed by atoms with Gasteiger partial charge < -0.3 is 4.55 Å². The lowest BCUT2D eigenvalue weighted by Gasteiger charge is -1.98. The van der Waals surface area contributed by atoms with Crippen molar-refractivity contribution in [3.05, 3.63) is 48.3 Å². The molecule has 1 heterocycles. The van der Waals surface area contributed by atoms with Crippen LogP contribution >= 0.6 is 0 Å². The summed E-state index contributed by atoms with van der Waals surface area (Å²) in [5.41, 5.74) is 2.45. The number of rotatable bonds is 2. The smallest absolute Gasteiger partial charge is 0.235 e. The van der Waals surface area contributed by atoms with Crippen molar-refractivity contribution >= 4 is 10.4 Å². The molecule has 0 radical (unpaired) electrons. The van der Waals surface area contributed by atoms with Gasteiger partial charge in [-0.15, -0.1) is 0 Å². The molecule has 104 valence electrons. The quantitative estimate of drug-likeness (QED) is 0.462. The van der Waals surface area contributed by atoms with Crippen LogP contribution in [0.15, 0.2) is 42.6 Å². The Morgan fingerprint density at radius 2 is 1.74 bits per heavy atom. The van der Waals surface area contributed by atoms with Crippen LogP contribution in [0.5, 0.6) is 0 Å². The van der Waals surface area contributed by atoms with Crippen LogP contribution in [-0.2, 0) is 21.6 Å². The second-order valence-corrected chi connectivity index (χ2v) is 4.89. The van der Waals surface area contributed by atoms with E-state index in [0.29, 0.717) is 0 Å². The van der Waals surface area contributed by atoms with Gasteiger partial charge in [0.15, 0.2) is 0 Å². The summed E-state index contributed by atoms with van der Waals surface area (Å²) in [6.07, 6.45) is 2.07. The van der Waals surface area contributed by atoms with Gasteiger partial charge >= 0.3 is 0 Å². The van der Waals surface area contributed by atoms with Gasteiger partial charge in [-0.1, -0.05) is 22.9 Å². The Morgan fingerprint density at radius 1 is 1.21 bits per heavy atom. The lowest BCUT2D eigenvalue weighted by molar-refractivity contribution is -0.683. The van der Waals surface area contributed by atoms with E-state index in [1.54, 1.807) is 0 Å². The van der Waals surface area contributed by atoms with Crippen LogP contribution < -0.4 is 4.68 Å². The number of aromatic nitrogens is 2. The van der Waals surface area contributed by atoms with Crippen LogP contribution in [0.3, 0.4) is 0 Å². The molecule has 0 aliphatic carbocycles.